The number of hydrogen-bond acceptors (Lipinski definition) is 4. The molecule has 18 heavy (non-hydrogen) atoms. The fraction of sp³-hybridized carbons (Fsp3) is 0.417. The number of hydrogen-bond donors (Lipinski definition) is 1. The monoisotopic (exact) mass is 270 g/mol. The van der Waals surface area contributed by atoms with Crippen LogP contribution in [-0.2, 0) is 14.6 Å². The van der Waals surface area contributed by atoms with Gasteiger partial charge in [-0.2, -0.15) is 0 Å². The number of carboxylic acid groups (broad SMARTS) is 1. The topological polar surface area (TPSA) is 80.7 Å². The molecule has 0 aromatic heterocycles. The highest BCUT2D eigenvalue weighted by Crippen LogP contribution is 2.23. The molecule has 1 N–H and O–H groups in total. The van der Waals surface area contributed by atoms with E-state index in [-0.39, 0.29) is 17.1 Å². The van der Waals surface area contributed by atoms with E-state index in [1.807, 2.05) is 0 Å². The Kier molecular flexibility index (Phi) is 3.68. The van der Waals surface area contributed by atoms with Crippen LogP contribution in [0.25, 0.3) is 0 Å². The first-order valence-corrected chi connectivity index (χ1v) is 7.21. The number of carbonyl (C=O) groups is 1. The molecule has 1 aliphatic rings. The minimum Gasteiger partial charge on any atom is -0.478 e. The van der Waals surface area contributed by atoms with Crippen LogP contribution in [0.4, 0.5) is 0 Å². The van der Waals surface area contributed by atoms with Gasteiger partial charge in [0.2, 0.25) is 0 Å². The predicted molar refractivity (Wildman–Crippen MR) is 64.4 cm³/mol. The highest BCUT2D eigenvalue weighted by molar-refractivity contribution is 7.92. The van der Waals surface area contributed by atoms with Crippen LogP contribution in [0.2, 0.25) is 0 Å². The summed E-state index contributed by atoms with van der Waals surface area (Å²) in [7, 11) is -3.51. The van der Waals surface area contributed by atoms with Gasteiger partial charge in [-0.15, -0.1) is 0 Å². The highest BCUT2D eigenvalue weighted by atomic mass is 32.2. The van der Waals surface area contributed by atoms with E-state index in [1.165, 1.54) is 24.3 Å². The standard InChI is InChI=1S/C12H14O5S/c13-12(14)9-3-1-4-10(7-9)18(15,16)11-5-2-6-17-8-11/h1,3-4,7,11H,2,5-6,8H2,(H,13,14). The Morgan fingerprint density at radius 1 is 1.39 bits per heavy atom. The Bertz CT molecular complexity index is 543. The summed E-state index contributed by atoms with van der Waals surface area (Å²) >= 11 is 0. The zero-order valence-electron chi connectivity index (χ0n) is 9.70. The molecule has 1 aliphatic heterocycles. The van der Waals surface area contributed by atoms with Crippen molar-refractivity contribution in [2.24, 2.45) is 0 Å². The summed E-state index contributed by atoms with van der Waals surface area (Å²) in [5.74, 6) is -1.13. The fourth-order valence-electron chi connectivity index (χ4n) is 1.95. The summed E-state index contributed by atoms with van der Waals surface area (Å²) < 4.78 is 29.8. The lowest BCUT2D eigenvalue weighted by Gasteiger charge is -2.22. The van der Waals surface area contributed by atoms with E-state index in [4.69, 9.17) is 9.84 Å². The molecule has 0 bridgehead atoms. The number of carboxylic acids is 1. The summed E-state index contributed by atoms with van der Waals surface area (Å²) in [6, 6.07) is 5.45. The molecule has 1 fully saturated rings. The molecular formula is C12H14O5S. The van der Waals surface area contributed by atoms with Crippen molar-refractivity contribution in [3.63, 3.8) is 0 Å². The van der Waals surface area contributed by atoms with Gasteiger partial charge in [0.05, 0.1) is 22.3 Å². The third-order valence-electron chi connectivity index (χ3n) is 2.97. The Hall–Kier alpha value is -1.40. The van der Waals surface area contributed by atoms with Crippen LogP contribution in [-0.4, -0.2) is 38.0 Å². The number of ether oxygens (including phenoxy) is 1. The van der Waals surface area contributed by atoms with Crippen molar-refractivity contribution < 1.29 is 23.1 Å². The van der Waals surface area contributed by atoms with E-state index in [9.17, 15) is 13.2 Å². The summed E-state index contributed by atoms with van der Waals surface area (Å²) in [6.07, 6.45) is 1.27. The van der Waals surface area contributed by atoms with Gasteiger partial charge in [0.25, 0.3) is 0 Å². The van der Waals surface area contributed by atoms with Crippen molar-refractivity contribution in [2.75, 3.05) is 13.2 Å². The maximum absolute atomic E-state index is 12.3. The van der Waals surface area contributed by atoms with Crippen LogP contribution in [0.3, 0.4) is 0 Å². The molecule has 6 heteroatoms. The van der Waals surface area contributed by atoms with E-state index in [0.717, 1.165) is 0 Å². The minimum absolute atomic E-state index is 0.0206. The highest BCUT2D eigenvalue weighted by Gasteiger charge is 2.29. The van der Waals surface area contributed by atoms with Gasteiger partial charge >= 0.3 is 5.97 Å². The molecule has 1 unspecified atom stereocenters. The first kappa shape index (κ1) is 13.0. The van der Waals surface area contributed by atoms with Gasteiger partial charge in [0.1, 0.15) is 0 Å². The molecule has 0 aliphatic carbocycles. The molecule has 1 saturated heterocycles. The van der Waals surface area contributed by atoms with Crippen molar-refractivity contribution in [3.05, 3.63) is 29.8 Å². The van der Waals surface area contributed by atoms with Crippen LogP contribution in [0.15, 0.2) is 29.2 Å². The molecule has 1 aromatic rings. The van der Waals surface area contributed by atoms with E-state index < -0.39 is 21.1 Å². The van der Waals surface area contributed by atoms with Crippen molar-refractivity contribution in [3.8, 4) is 0 Å². The molecule has 0 saturated carbocycles. The van der Waals surface area contributed by atoms with Gasteiger partial charge in [0, 0.05) is 6.61 Å². The number of aromatic carboxylic acids is 1. The summed E-state index contributed by atoms with van der Waals surface area (Å²) in [5.41, 5.74) is -0.0206. The second-order valence-electron chi connectivity index (χ2n) is 4.22. The van der Waals surface area contributed by atoms with Gasteiger partial charge in [0.15, 0.2) is 9.84 Å². The smallest absolute Gasteiger partial charge is 0.335 e. The Labute approximate surface area is 105 Å². The lowest BCUT2D eigenvalue weighted by atomic mass is 10.2. The van der Waals surface area contributed by atoms with Gasteiger partial charge < -0.3 is 9.84 Å². The second kappa shape index (κ2) is 5.07. The van der Waals surface area contributed by atoms with Crippen molar-refractivity contribution in [1.82, 2.24) is 0 Å². The van der Waals surface area contributed by atoms with Crippen molar-refractivity contribution in [2.45, 2.75) is 23.0 Å². The average molecular weight is 270 g/mol. The summed E-state index contributed by atoms with van der Waals surface area (Å²) in [4.78, 5) is 10.9. The molecule has 1 aromatic carbocycles. The Balaban J connectivity index is 2.34. The largest absolute Gasteiger partial charge is 0.478 e. The molecule has 0 amide bonds. The van der Waals surface area contributed by atoms with Crippen molar-refractivity contribution >= 4 is 15.8 Å². The van der Waals surface area contributed by atoms with Crippen LogP contribution in [0.5, 0.6) is 0 Å². The Morgan fingerprint density at radius 2 is 2.17 bits per heavy atom. The van der Waals surface area contributed by atoms with Gasteiger partial charge in [-0.3, -0.25) is 0 Å². The van der Waals surface area contributed by atoms with Crippen LogP contribution < -0.4 is 0 Å². The van der Waals surface area contributed by atoms with Gasteiger partial charge in [-0.1, -0.05) is 6.07 Å². The molecule has 1 atom stereocenters. The molecule has 0 radical (unpaired) electrons. The number of sulfone groups is 1. The van der Waals surface area contributed by atoms with E-state index >= 15 is 0 Å². The molecule has 2 rings (SSSR count). The minimum atomic E-state index is -3.51. The molecule has 1 heterocycles. The zero-order valence-corrected chi connectivity index (χ0v) is 10.5. The Morgan fingerprint density at radius 3 is 2.78 bits per heavy atom. The van der Waals surface area contributed by atoms with Gasteiger partial charge in [-0.05, 0) is 31.0 Å². The molecule has 98 valence electrons. The van der Waals surface area contributed by atoms with Gasteiger partial charge in [-0.25, -0.2) is 13.2 Å². The van der Waals surface area contributed by atoms with Crippen LogP contribution >= 0.6 is 0 Å². The SMILES string of the molecule is O=C(O)c1cccc(S(=O)(=O)C2CCCOC2)c1. The van der Waals surface area contributed by atoms with Crippen molar-refractivity contribution in [1.29, 1.82) is 0 Å². The lowest BCUT2D eigenvalue weighted by Crippen LogP contribution is -2.31. The normalized spacial score (nSPS) is 20.6. The molecular weight excluding hydrogens is 256 g/mol. The average Bonchev–Trinajstić information content (AvgIpc) is 2.40. The third-order valence-corrected chi connectivity index (χ3v) is 5.13. The van der Waals surface area contributed by atoms with E-state index in [2.05, 4.69) is 0 Å². The maximum atomic E-state index is 12.3. The quantitative estimate of drug-likeness (QED) is 0.896. The predicted octanol–water partition coefficient (Wildman–Crippen LogP) is 1.34. The fourth-order valence-corrected chi connectivity index (χ4v) is 3.65. The zero-order chi connectivity index (χ0) is 13.2. The molecule has 0 spiro atoms. The third kappa shape index (κ3) is 2.54. The number of rotatable bonds is 3. The van der Waals surface area contributed by atoms with E-state index in [1.54, 1.807) is 0 Å². The van der Waals surface area contributed by atoms with Crippen LogP contribution in [0, 0.1) is 0 Å². The number of benzene rings is 1. The maximum Gasteiger partial charge on any atom is 0.335 e. The first-order chi connectivity index (χ1) is 8.51. The lowest BCUT2D eigenvalue weighted by molar-refractivity contribution is 0.0696. The summed E-state index contributed by atoms with van der Waals surface area (Å²) in [6.45, 7) is 0.765. The second-order valence-corrected chi connectivity index (χ2v) is 6.45. The first-order valence-electron chi connectivity index (χ1n) is 5.67. The molecule has 5 nitrogen and oxygen atoms in total. The summed E-state index contributed by atoms with van der Waals surface area (Å²) in [5, 5.41) is 8.29. The van der Waals surface area contributed by atoms with E-state index in [0.29, 0.717) is 19.4 Å². The van der Waals surface area contributed by atoms with Crippen LogP contribution in [0.1, 0.15) is 23.2 Å².